The zero-order chi connectivity index (χ0) is 20.2. The summed E-state index contributed by atoms with van der Waals surface area (Å²) in [5.74, 6) is 7.80. The highest BCUT2D eigenvalue weighted by molar-refractivity contribution is 7.99. The van der Waals surface area contributed by atoms with Crippen LogP contribution in [0.15, 0.2) is 47.9 Å². The number of nitrogens with zero attached hydrogens (tertiary/aromatic N) is 7. The van der Waals surface area contributed by atoms with Crippen molar-refractivity contribution in [1.82, 2.24) is 29.7 Å². The molecule has 1 saturated heterocycles. The van der Waals surface area contributed by atoms with Crippen LogP contribution in [0.2, 0.25) is 0 Å². The van der Waals surface area contributed by atoms with Crippen molar-refractivity contribution < 1.29 is 4.79 Å². The van der Waals surface area contributed by atoms with E-state index < -0.39 is 0 Å². The minimum atomic E-state index is 0.0593. The molecule has 2 N–H and O–H groups in total. The van der Waals surface area contributed by atoms with Crippen LogP contribution < -0.4 is 10.7 Å². The number of carbonyl (C=O) groups excluding carboxylic acids is 1. The summed E-state index contributed by atoms with van der Waals surface area (Å²) >= 11 is 1.30. The van der Waals surface area contributed by atoms with Crippen LogP contribution in [0, 0.1) is 6.92 Å². The highest BCUT2D eigenvalue weighted by Crippen LogP contribution is 2.24. The fourth-order valence-corrected chi connectivity index (χ4v) is 3.97. The summed E-state index contributed by atoms with van der Waals surface area (Å²) in [6.45, 7) is 4.71. The van der Waals surface area contributed by atoms with Gasteiger partial charge in [-0.3, -0.25) is 4.79 Å². The van der Waals surface area contributed by atoms with Gasteiger partial charge >= 0.3 is 0 Å². The molecule has 1 aliphatic rings. The third-order valence-corrected chi connectivity index (χ3v) is 5.77. The number of benzene rings is 1. The molecule has 0 spiro atoms. The van der Waals surface area contributed by atoms with E-state index in [4.69, 9.17) is 5.84 Å². The molecule has 150 valence electrons. The van der Waals surface area contributed by atoms with Gasteiger partial charge in [-0.2, -0.15) is 0 Å². The molecule has 0 aliphatic carbocycles. The molecule has 1 fully saturated rings. The first-order valence-electron chi connectivity index (χ1n) is 9.32. The van der Waals surface area contributed by atoms with Crippen molar-refractivity contribution in [2.45, 2.75) is 12.1 Å². The van der Waals surface area contributed by atoms with Gasteiger partial charge in [-0.15, -0.1) is 10.2 Å². The van der Waals surface area contributed by atoms with E-state index in [9.17, 15) is 4.79 Å². The van der Waals surface area contributed by atoms with Gasteiger partial charge in [0, 0.05) is 44.1 Å². The average molecular weight is 411 g/mol. The van der Waals surface area contributed by atoms with Crippen LogP contribution in [0.1, 0.15) is 5.56 Å². The average Bonchev–Trinajstić information content (AvgIpc) is 3.13. The molecule has 2 aromatic heterocycles. The fraction of sp³-hybridized carbons (Fsp3) is 0.316. The summed E-state index contributed by atoms with van der Waals surface area (Å²) in [5.41, 5.74) is 2.00. The highest BCUT2D eigenvalue weighted by Gasteiger charge is 2.23. The minimum Gasteiger partial charge on any atom is -0.338 e. The Balaban J connectivity index is 1.33. The summed E-state index contributed by atoms with van der Waals surface area (Å²) in [4.78, 5) is 25.1. The topological polar surface area (TPSA) is 106 Å². The van der Waals surface area contributed by atoms with Gasteiger partial charge in [-0.05, 0) is 18.6 Å². The maximum Gasteiger partial charge on any atom is 0.233 e. The molecule has 1 aliphatic heterocycles. The smallest absolute Gasteiger partial charge is 0.233 e. The first-order chi connectivity index (χ1) is 14.1. The number of thioether (sulfide) groups is 1. The number of hydrogen-bond donors (Lipinski definition) is 1. The number of piperazine rings is 1. The first kappa shape index (κ1) is 19.2. The number of anilines is 1. The first-order valence-corrected chi connectivity index (χ1v) is 10.3. The summed E-state index contributed by atoms with van der Waals surface area (Å²) in [7, 11) is 0. The van der Waals surface area contributed by atoms with Gasteiger partial charge in [-0.1, -0.05) is 36.0 Å². The van der Waals surface area contributed by atoms with Crippen LogP contribution >= 0.6 is 11.8 Å². The molecule has 0 bridgehead atoms. The zero-order valence-electron chi connectivity index (χ0n) is 16.1. The number of aromatic nitrogens is 5. The number of amides is 1. The van der Waals surface area contributed by atoms with Gasteiger partial charge in [0.25, 0.3) is 0 Å². The van der Waals surface area contributed by atoms with E-state index >= 15 is 0 Å². The van der Waals surface area contributed by atoms with Crippen LogP contribution in [-0.4, -0.2) is 67.6 Å². The summed E-state index contributed by atoms with van der Waals surface area (Å²) in [6, 6.07) is 9.65. The molecule has 29 heavy (non-hydrogen) atoms. The molecule has 0 unspecified atom stereocenters. The van der Waals surface area contributed by atoms with Gasteiger partial charge in [0.2, 0.25) is 17.0 Å². The molecule has 0 atom stereocenters. The van der Waals surface area contributed by atoms with E-state index in [1.54, 1.807) is 18.5 Å². The van der Waals surface area contributed by atoms with Crippen LogP contribution in [0.3, 0.4) is 0 Å². The number of hydrogen-bond acceptors (Lipinski definition) is 8. The lowest BCUT2D eigenvalue weighted by molar-refractivity contribution is -0.128. The standard InChI is InChI=1S/C19H22N8OS/c1-14-5-2-3-6-15(14)17-23-24-19(27(17)20)29-13-16(28)25-9-11-26(12-10-25)18-21-7-4-8-22-18/h2-8H,9-13,20H2,1H3. The van der Waals surface area contributed by atoms with Crippen molar-refractivity contribution in [3.05, 3.63) is 48.3 Å². The number of rotatable bonds is 5. The van der Waals surface area contributed by atoms with Gasteiger partial charge in [0.1, 0.15) is 0 Å². The maximum absolute atomic E-state index is 12.6. The number of aryl methyl sites for hydroxylation is 1. The van der Waals surface area contributed by atoms with E-state index in [1.165, 1.54) is 16.4 Å². The Labute approximate surface area is 172 Å². The van der Waals surface area contributed by atoms with Gasteiger partial charge < -0.3 is 15.6 Å². The number of nitrogens with two attached hydrogens (primary N) is 1. The summed E-state index contributed by atoms with van der Waals surface area (Å²) < 4.78 is 1.45. The molecule has 4 rings (SSSR count). The fourth-order valence-electron chi connectivity index (χ4n) is 3.21. The van der Waals surface area contributed by atoms with E-state index in [1.807, 2.05) is 36.1 Å². The van der Waals surface area contributed by atoms with E-state index in [0.29, 0.717) is 43.1 Å². The lowest BCUT2D eigenvalue weighted by Gasteiger charge is -2.34. The molecular weight excluding hydrogens is 388 g/mol. The maximum atomic E-state index is 12.6. The van der Waals surface area contributed by atoms with Crippen LogP contribution in [0.25, 0.3) is 11.4 Å². The van der Waals surface area contributed by atoms with E-state index in [0.717, 1.165) is 11.1 Å². The van der Waals surface area contributed by atoms with Crippen molar-refractivity contribution in [1.29, 1.82) is 0 Å². The zero-order valence-corrected chi connectivity index (χ0v) is 16.9. The molecule has 0 saturated carbocycles. The normalized spacial score (nSPS) is 14.2. The third-order valence-electron chi connectivity index (χ3n) is 4.84. The molecule has 10 heteroatoms. The summed E-state index contributed by atoms with van der Waals surface area (Å²) in [6.07, 6.45) is 3.45. The van der Waals surface area contributed by atoms with Gasteiger partial charge in [0.05, 0.1) is 5.75 Å². The van der Waals surface area contributed by atoms with Crippen molar-refractivity contribution >= 4 is 23.6 Å². The van der Waals surface area contributed by atoms with Crippen molar-refractivity contribution in [2.24, 2.45) is 0 Å². The van der Waals surface area contributed by atoms with E-state index in [2.05, 4.69) is 25.1 Å². The quantitative estimate of drug-likeness (QED) is 0.494. The molecule has 1 aromatic carbocycles. The third kappa shape index (κ3) is 4.16. The number of carbonyl (C=O) groups is 1. The van der Waals surface area contributed by atoms with Crippen molar-refractivity contribution in [2.75, 3.05) is 42.7 Å². The van der Waals surface area contributed by atoms with Crippen molar-refractivity contribution in [3.8, 4) is 11.4 Å². The molecule has 9 nitrogen and oxygen atoms in total. The van der Waals surface area contributed by atoms with Crippen LogP contribution in [0.5, 0.6) is 0 Å². The predicted octanol–water partition coefficient (Wildman–Crippen LogP) is 1.20. The SMILES string of the molecule is Cc1ccccc1-c1nnc(SCC(=O)N2CCN(c3ncccn3)CC2)n1N. The second kappa shape index (κ2) is 8.48. The highest BCUT2D eigenvalue weighted by atomic mass is 32.2. The monoisotopic (exact) mass is 410 g/mol. The number of nitrogen functional groups attached to an aromatic ring is 1. The largest absolute Gasteiger partial charge is 0.338 e. The Morgan fingerprint density at radius 1 is 1.07 bits per heavy atom. The minimum absolute atomic E-state index is 0.0593. The molecular formula is C19H22N8OS. The Morgan fingerprint density at radius 2 is 1.79 bits per heavy atom. The second-order valence-corrected chi connectivity index (χ2v) is 7.64. The Bertz CT molecular complexity index is 985. The Morgan fingerprint density at radius 3 is 2.52 bits per heavy atom. The Kier molecular flexibility index (Phi) is 5.61. The second-order valence-electron chi connectivity index (χ2n) is 6.70. The summed E-state index contributed by atoms with van der Waals surface area (Å²) in [5, 5.41) is 8.88. The molecule has 1 amide bonds. The van der Waals surface area contributed by atoms with Gasteiger partial charge in [-0.25, -0.2) is 14.6 Å². The molecule has 3 aromatic rings. The van der Waals surface area contributed by atoms with Crippen molar-refractivity contribution in [3.63, 3.8) is 0 Å². The molecule has 0 radical (unpaired) electrons. The van der Waals surface area contributed by atoms with Crippen LogP contribution in [-0.2, 0) is 4.79 Å². The molecule has 3 heterocycles. The predicted molar refractivity (Wildman–Crippen MR) is 112 cm³/mol. The Hall–Kier alpha value is -3.14. The van der Waals surface area contributed by atoms with Crippen LogP contribution in [0.4, 0.5) is 5.95 Å². The van der Waals surface area contributed by atoms with Gasteiger partial charge in [0.15, 0.2) is 5.82 Å². The lowest BCUT2D eigenvalue weighted by atomic mass is 10.1. The van der Waals surface area contributed by atoms with E-state index in [-0.39, 0.29) is 11.7 Å². The lowest BCUT2D eigenvalue weighted by Crippen LogP contribution is -2.49.